The summed E-state index contributed by atoms with van der Waals surface area (Å²) in [6.07, 6.45) is 0. The van der Waals surface area contributed by atoms with Gasteiger partial charge >= 0.3 is 5.97 Å². The highest BCUT2D eigenvalue weighted by molar-refractivity contribution is 6.30. The quantitative estimate of drug-likeness (QED) is 0.786. The minimum absolute atomic E-state index is 0.162. The average molecular weight is 296 g/mol. The van der Waals surface area contributed by atoms with E-state index in [-0.39, 0.29) is 12.5 Å². The Hall–Kier alpha value is -1.92. The van der Waals surface area contributed by atoms with Gasteiger partial charge in [-0.2, -0.15) is 4.98 Å². The number of hydrogen-bond donors (Lipinski definition) is 0. The molecule has 2 aromatic rings. The molecule has 7 heteroatoms. The van der Waals surface area contributed by atoms with Gasteiger partial charge in [-0.15, -0.1) is 0 Å². The van der Waals surface area contributed by atoms with E-state index < -0.39 is 0 Å². The van der Waals surface area contributed by atoms with Crippen molar-refractivity contribution in [3.8, 4) is 11.4 Å². The molecule has 0 saturated carbocycles. The molecular formula is C13H14ClN3O3. The summed E-state index contributed by atoms with van der Waals surface area (Å²) in [5, 5.41) is 4.54. The molecule has 2 rings (SSSR count). The summed E-state index contributed by atoms with van der Waals surface area (Å²) in [7, 11) is 3.12. The first kappa shape index (κ1) is 14.5. The van der Waals surface area contributed by atoms with E-state index in [1.807, 2.05) is 12.1 Å². The van der Waals surface area contributed by atoms with Crippen LogP contribution in [-0.4, -0.2) is 41.7 Å². The Balaban J connectivity index is 2.02. The summed E-state index contributed by atoms with van der Waals surface area (Å²) in [4.78, 5) is 17.1. The zero-order valence-electron chi connectivity index (χ0n) is 11.2. The number of benzene rings is 1. The number of carbonyl (C=O) groups excluding carboxylic acids is 1. The van der Waals surface area contributed by atoms with Crippen LogP contribution in [0, 0.1) is 0 Å². The molecule has 0 aliphatic carbocycles. The fourth-order valence-electron chi connectivity index (χ4n) is 1.61. The van der Waals surface area contributed by atoms with E-state index in [4.69, 9.17) is 16.1 Å². The van der Waals surface area contributed by atoms with Crippen LogP contribution in [0.2, 0.25) is 5.02 Å². The number of likely N-dealkylation sites (N-methyl/N-ethyl adjacent to an activating group) is 1. The summed E-state index contributed by atoms with van der Waals surface area (Å²) in [6, 6.07) is 7.15. The second-order valence-electron chi connectivity index (χ2n) is 4.27. The maximum atomic E-state index is 11.1. The zero-order valence-corrected chi connectivity index (χ0v) is 11.9. The van der Waals surface area contributed by atoms with Gasteiger partial charge in [0.25, 0.3) is 0 Å². The maximum Gasteiger partial charge on any atom is 0.319 e. The molecule has 0 amide bonds. The number of carbonyl (C=O) groups is 1. The lowest BCUT2D eigenvalue weighted by molar-refractivity contribution is -0.141. The number of nitrogens with zero attached hydrogens (tertiary/aromatic N) is 3. The molecule has 20 heavy (non-hydrogen) atoms. The summed E-state index contributed by atoms with van der Waals surface area (Å²) in [5.41, 5.74) is 0.819. The van der Waals surface area contributed by atoms with Gasteiger partial charge in [0, 0.05) is 10.6 Å². The van der Waals surface area contributed by atoms with E-state index >= 15 is 0 Å². The molecule has 0 fully saturated rings. The number of aromatic nitrogens is 2. The highest BCUT2D eigenvalue weighted by atomic mass is 35.5. The van der Waals surface area contributed by atoms with Crippen LogP contribution in [0.1, 0.15) is 5.89 Å². The van der Waals surface area contributed by atoms with Crippen LogP contribution < -0.4 is 0 Å². The molecule has 0 aliphatic heterocycles. The summed E-state index contributed by atoms with van der Waals surface area (Å²) >= 11 is 5.82. The Kier molecular flexibility index (Phi) is 4.70. The third kappa shape index (κ3) is 3.79. The number of methoxy groups -OCH3 is 1. The fraction of sp³-hybridized carbons (Fsp3) is 0.308. The van der Waals surface area contributed by atoms with Gasteiger partial charge in [0.05, 0.1) is 20.2 Å². The van der Waals surface area contributed by atoms with E-state index in [0.29, 0.717) is 23.3 Å². The van der Waals surface area contributed by atoms with Crippen molar-refractivity contribution in [2.45, 2.75) is 6.54 Å². The van der Waals surface area contributed by atoms with Crippen molar-refractivity contribution >= 4 is 17.6 Å². The first-order valence-electron chi connectivity index (χ1n) is 5.92. The van der Waals surface area contributed by atoms with E-state index in [2.05, 4.69) is 14.9 Å². The summed E-state index contributed by atoms with van der Waals surface area (Å²) in [5.74, 6) is 0.606. The summed E-state index contributed by atoms with van der Waals surface area (Å²) < 4.78 is 9.73. The van der Waals surface area contributed by atoms with Crippen LogP contribution in [0.25, 0.3) is 11.4 Å². The monoisotopic (exact) mass is 295 g/mol. The lowest BCUT2D eigenvalue weighted by Crippen LogP contribution is -2.26. The first-order valence-corrected chi connectivity index (χ1v) is 6.30. The molecule has 106 valence electrons. The van der Waals surface area contributed by atoms with Gasteiger partial charge in [-0.1, -0.05) is 16.8 Å². The van der Waals surface area contributed by atoms with Crippen molar-refractivity contribution in [2.24, 2.45) is 0 Å². The van der Waals surface area contributed by atoms with E-state index in [1.54, 1.807) is 24.1 Å². The molecule has 1 aromatic heterocycles. The normalized spacial score (nSPS) is 10.8. The second-order valence-corrected chi connectivity index (χ2v) is 4.70. The third-order valence-electron chi connectivity index (χ3n) is 2.60. The molecule has 0 spiro atoms. The van der Waals surface area contributed by atoms with Crippen LogP contribution in [0.15, 0.2) is 28.8 Å². The third-order valence-corrected chi connectivity index (χ3v) is 2.85. The van der Waals surface area contributed by atoms with Crippen molar-refractivity contribution in [3.63, 3.8) is 0 Å². The molecule has 0 radical (unpaired) electrons. The van der Waals surface area contributed by atoms with E-state index in [9.17, 15) is 4.79 Å². The van der Waals surface area contributed by atoms with Gasteiger partial charge in [-0.05, 0) is 31.3 Å². The molecule has 0 unspecified atom stereocenters. The van der Waals surface area contributed by atoms with Crippen molar-refractivity contribution in [1.29, 1.82) is 0 Å². The van der Waals surface area contributed by atoms with Gasteiger partial charge in [0.15, 0.2) is 0 Å². The Bertz CT molecular complexity index is 583. The van der Waals surface area contributed by atoms with Crippen LogP contribution in [0.4, 0.5) is 0 Å². The number of halogens is 1. The molecule has 0 aliphatic rings. The van der Waals surface area contributed by atoms with Crippen molar-refractivity contribution in [3.05, 3.63) is 35.2 Å². The number of ether oxygens (including phenoxy) is 1. The van der Waals surface area contributed by atoms with Crippen LogP contribution in [-0.2, 0) is 16.1 Å². The van der Waals surface area contributed by atoms with Crippen molar-refractivity contribution in [1.82, 2.24) is 15.0 Å². The van der Waals surface area contributed by atoms with E-state index in [0.717, 1.165) is 5.56 Å². The number of rotatable bonds is 5. The second kappa shape index (κ2) is 6.49. The fourth-order valence-corrected chi connectivity index (χ4v) is 1.73. The topological polar surface area (TPSA) is 68.5 Å². The number of esters is 1. The van der Waals surface area contributed by atoms with Crippen molar-refractivity contribution in [2.75, 3.05) is 20.7 Å². The lowest BCUT2D eigenvalue weighted by atomic mass is 10.2. The van der Waals surface area contributed by atoms with Crippen molar-refractivity contribution < 1.29 is 14.1 Å². The predicted molar refractivity (Wildman–Crippen MR) is 73.1 cm³/mol. The van der Waals surface area contributed by atoms with Crippen LogP contribution >= 0.6 is 11.6 Å². The van der Waals surface area contributed by atoms with Gasteiger partial charge in [-0.3, -0.25) is 9.69 Å². The highest BCUT2D eigenvalue weighted by Crippen LogP contribution is 2.18. The maximum absolute atomic E-state index is 11.1. The highest BCUT2D eigenvalue weighted by Gasteiger charge is 2.13. The van der Waals surface area contributed by atoms with Gasteiger partial charge < -0.3 is 9.26 Å². The molecule has 0 N–H and O–H groups in total. The zero-order chi connectivity index (χ0) is 14.5. The molecule has 1 heterocycles. The Morgan fingerprint density at radius 3 is 2.75 bits per heavy atom. The Labute approximate surface area is 121 Å². The first-order chi connectivity index (χ1) is 9.58. The van der Waals surface area contributed by atoms with Gasteiger partial charge in [0.1, 0.15) is 0 Å². The molecular weight excluding hydrogens is 282 g/mol. The Morgan fingerprint density at radius 2 is 2.10 bits per heavy atom. The lowest BCUT2D eigenvalue weighted by Gasteiger charge is -2.11. The minimum atomic E-state index is -0.315. The molecule has 0 atom stereocenters. The SMILES string of the molecule is COC(=O)CN(C)Cc1nc(-c2ccc(Cl)cc2)no1. The molecule has 0 saturated heterocycles. The van der Waals surface area contributed by atoms with Gasteiger partial charge in [-0.25, -0.2) is 0 Å². The largest absolute Gasteiger partial charge is 0.468 e. The van der Waals surface area contributed by atoms with E-state index in [1.165, 1.54) is 7.11 Å². The number of hydrogen-bond acceptors (Lipinski definition) is 6. The minimum Gasteiger partial charge on any atom is -0.468 e. The summed E-state index contributed by atoms with van der Waals surface area (Å²) in [6.45, 7) is 0.533. The average Bonchev–Trinajstić information content (AvgIpc) is 2.87. The standard InChI is InChI=1S/C13H14ClN3O3/c1-17(8-12(18)19-2)7-11-15-13(16-20-11)9-3-5-10(14)6-4-9/h3-6H,7-8H2,1-2H3. The van der Waals surface area contributed by atoms with Gasteiger partial charge in [0.2, 0.25) is 11.7 Å². The Morgan fingerprint density at radius 1 is 1.40 bits per heavy atom. The van der Waals surface area contributed by atoms with Crippen LogP contribution in [0.3, 0.4) is 0 Å². The smallest absolute Gasteiger partial charge is 0.319 e. The molecule has 1 aromatic carbocycles. The molecule has 0 bridgehead atoms. The predicted octanol–water partition coefficient (Wildman–Crippen LogP) is 1.99. The molecule has 6 nitrogen and oxygen atoms in total. The van der Waals surface area contributed by atoms with Crippen LogP contribution in [0.5, 0.6) is 0 Å².